The summed E-state index contributed by atoms with van der Waals surface area (Å²) in [6.45, 7) is 5.83. The minimum Gasteiger partial charge on any atom is -0.495 e. The molecule has 52 heavy (non-hydrogen) atoms. The number of aliphatic hydroxyl groups is 1. The van der Waals surface area contributed by atoms with Crippen LogP contribution in [-0.2, 0) is 30.3 Å². The number of hydrogen-bond donors (Lipinski definition) is 3. The summed E-state index contributed by atoms with van der Waals surface area (Å²) in [5.41, 5.74) is 0.879. The highest BCUT2D eigenvalue weighted by Gasteiger charge is 2.54. The van der Waals surface area contributed by atoms with Gasteiger partial charge in [-0.05, 0) is 90.7 Å². The molecular weight excluding hydrogens is 930 g/mol. The van der Waals surface area contributed by atoms with Crippen LogP contribution in [0.5, 0.6) is 5.75 Å². The van der Waals surface area contributed by atoms with E-state index in [2.05, 4.69) is 93.4 Å². The minimum atomic E-state index is -1.60. The number of ether oxygens (including phenoxy) is 3. The predicted octanol–water partition coefficient (Wildman–Crippen LogP) is 9.84. The van der Waals surface area contributed by atoms with Gasteiger partial charge in [-0.2, -0.15) is 0 Å². The highest BCUT2D eigenvalue weighted by atomic mass is 79.9. The van der Waals surface area contributed by atoms with E-state index in [0.29, 0.717) is 52.9 Å². The molecule has 2 aliphatic rings. The van der Waals surface area contributed by atoms with Gasteiger partial charge in [0.25, 0.3) is 5.91 Å². The van der Waals surface area contributed by atoms with E-state index in [0.717, 1.165) is 33.3 Å². The highest BCUT2D eigenvalue weighted by molar-refractivity contribution is 9.12. The highest BCUT2D eigenvalue weighted by Crippen LogP contribution is 2.41. The summed E-state index contributed by atoms with van der Waals surface area (Å²) in [7, 11) is 1.51. The first-order valence-corrected chi connectivity index (χ1v) is 21.7. The molecule has 2 amide bonds. The van der Waals surface area contributed by atoms with E-state index in [1.54, 1.807) is 0 Å². The van der Waals surface area contributed by atoms with Crippen LogP contribution in [0.4, 0.5) is 0 Å². The summed E-state index contributed by atoms with van der Waals surface area (Å²) in [4.78, 5) is 30.6. The number of halogens is 4. The van der Waals surface area contributed by atoms with Gasteiger partial charge in [-0.25, -0.2) is 0 Å². The molecule has 3 atom stereocenters. The van der Waals surface area contributed by atoms with Crippen molar-refractivity contribution in [1.82, 2.24) is 10.6 Å². The fourth-order valence-electron chi connectivity index (χ4n) is 5.96. The molecule has 10 nitrogen and oxygen atoms in total. The Morgan fingerprint density at radius 3 is 2.23 bits per heavy atom. The summed E-state index contributed by atoms with van der Waals surface area (Å²) in [6.07, 6.45) is 17.1. The maximum Gasteiger partial charge on any atom is 0.311 e. The molecule has 1 unspecified atom stereocenters. The van der Waals surface area contributed by atoms with Crippen molar-refractivity contribution in [1.29, 1.82) is 0 Å². The molecule has 3 N–H and O–H groups in total. The van der Waals surface area contributed by atoms with Gasteiger partial charge in [0.1, 0.15) is 17.8 Å². The van der Waals surface area contributed by atoms with E-state index in [4.69, 9.17) is 19.0 Å². The Morgan fingerprint density at radius 1 is 0.962 bits per heavy atom. The van der Waals surface area contributed by atoms with Crippen LogP contribution in [0.15, 0.2) is 47.2 Å². The third-order valence-electron chi connectivity index (χ3n) is 9.33. The van der Waals surface area contributed by atoms with E-state index in [1.165, 1.54) is 77.6 Å². The maximum absolute atomic E-state index is 12.8. The number of hydrogen-bond acceptors (Lipinski definition) is 8. The second kappa shape index (κ2) is 24.0. The van der Waals surface area contributed by atoms with Gasteiger partial charge in [0.05, 0.1) is 33.6 Å². The van der Waals surface area contributed by atoms with Crippen LogP contribution in [0.25, 0.3) is 0 Å². The molecular formula is C38H55Br4N3O7. The number of allylic oxidation sites excluding steroid dienone is 1. The standard InChI is InChI=1S/C38H55Br4N3O7/c1-4-26(2)16-13-11-9-7-5-6-8-10-12-14-17-32(46)43-20-18-27-22-28(39)35(29(40)23-27)50-21-15-19-44-37(48)33-36(47)38(52-45-33)24-30(41)34(49-3)31(42)25-51-38/h22-23,25-26,36,47H,4-21,24H2,1-3H3,(H,43,46)(H,44,48)/t26?,36-,38-/m0/s1. The van der Waals surface area contributed by atoms with E-state index in [1.807, 2.05) is 12.1 Å². The fraction of sp³-hybridized carbons (Fsp3) is 0.658. The van der Waals surface area contributed by atoms with Gasteiger partial charge in [0.15, 0.2) is 11.8 Å². The largest absolute Gasteiger partial charge is 0.495 e. The first kappa shape index (κ1) is 44.8. The second-order valence-corrected chi connectivity index (χ2v) is 17.0. The summed E-state index contributed by atoms with van der Waals surface area (Å²) in [5, 5.41) is 20.6. The quantitative estimate of drug-likeness (QED) is 0.0881. The zero-order chi connectivity index (χ0) is 37.9. The summed E-state index contributed by atoms with van der Waals surface area (Å²) in [6, 6.07) is 3.98. The number of benzene rings is 1. The van der Waals surface area contributed by atoms with Crippen molar-refractivity contribution in [3.8, 4) is 5.75 Å². The zero-order valence-corrected chi connectivity index (χ0v) is 37.0. The Bertz CT molecular complexity index is 1380. The van der Waals surface area contributed by atoms with Crippen molar-refractivity contribution in [3.63, 3.8) is 0 Å². The summed E-state index contributed by atoms with van der Waals surface area (Å²) < 4.78 is 19.7. The van der Waals surface area contributed by atoms with Gasteiger partial charge < -0.3 is 34.8 Å². The number of nitrogens with zero attached hydrogens (tertiary/aromatic N) is 1. The van der Waals surface area contributed by atoms with Crippen LogP contribution >= 0.6 is 63.7 Å². The number of methoxy groups -OCH3 is 1. The van der Waals surface area contributed by atoms with Crippen LogP contribution in [0.3, 0.4) is 0 Å². The lowest BCUT2D eigenvalue weighted by Gasteiger charge is -2.27. The third-order valence-corrected chi connectivity index (χ3v) is 11.7. The van der Waals surface area contributed by atoms with Crippen molar-refractivity contribution < 1.29 is 33.7 Å². The molecule has 0 bridgehead atoms. The third kappa shape index (κ3) is 14.6. The lowest BCUT2D eigenvalue weighted by atomic mass is 9.99. The number of rotatable bonds is 24. The topological polar surface area (TPSA) is 128 Å². The van der Waals surface area contributed by atoms with Crippen LogP contribution in [-0.4, -0.2) is 61.3 Å². The molecule has 3 rings (SSSR count). The monoisotopic (exact) mass is 981 g/mol. The van der Waals surface area contributed by atoms with Gasteiger partial charge in [-0.1, -0.05) is 106 Å². The second-order valence-electron chi connectivity index (χ2n) is 13.5. The van der Waals surface area contributed by atoms with E-state index in [9.17, 15) is 14.7 Å². The molecule has 0 fully saturated rings. The van der Waals surface area contributed by atoms with Gasteiger partial charge in [-0.15, -0.1) is 0 Å². The smallest absolute Gasteiger partial charge is 0.311 e. The number of amides is 2. The Hall–Kier alpha value is -1.61. The predicted molar refractivity (Wildman–Crippen MR) is 219 cm³/mol. The first-order valence-electron chi connectivity index (χ1n) is 18.6. The van der Waals surface area contributed by atoms with Crippen molar-refractivity contribution in [2.75, 3.05) is 26.8 Å². The van der Waals surface area contributed by atoms with E-state index >= 15 is 0 Å². The summed E-state index contributed by atoms with van der Waals surface area (Å²) in [5.74, 6) is -0.0490. The molecule has 0 saturated heterocycles. The van der Waals surface area contributed by atoms with Gasteiger partial charge in [0.2, 0.25) is 5.91 Å². The molecule has 0 aromatic heterocycles. The van der Waals surface area contributed by atoms with Crippen molar-refractivity contribution in [3.05, 3.63) is 47.6 Å². The average Bonchev–Trinajstić information content (AvgIpc) is 3.36. The SMILES string of the molecule is CCC(C)CCCCCCCCCCCCC(=O)NCCc1cc(Br)c(OCCCNC(=O)C2=NO[C@@]3(CC(Br)=C(OC)C(Br)=CO3)[C@H]2O)c(Br)c1. The van der Waals surface area contributed by atoms with Crippen molar-refractivity contribution >= 4 is 81.2 Å². The minimum absolute atomic E-state index is 0.0630. The molecule has 0 aliphatic carbocycles. The Labute approximate surface area is 343 Å². The number of aliphatic hydroxyl groups excluding tert-OH is 1. The van der Waals surface area contributed by atoms with E-state index < -0.39 is 17.8 Å². The summed E-state index contributed by atoms with van der Waals surface area (Å²) >= 11 is 14.0. The van der Waals surface area contributed by atoms with Crippen LogP contribution in [0.1, 0.15) is 116 Å². The molecule has 1 aromatic rings. The Morgan fingerprint density at radius 2 is 1.60 bits per heavy atom. The maximum atomic E-state index is 12.8. The van der Waals surface area contributed by atoms with Crippen molar-refractivity contribution in [2.24, 2.45) is 11.1 Å². The normalized spacial score (nSPS) is 19.0. The number of unbranched alkanes of at least 4 members (excludes halogenated alkanes) is 9. The van der Waals surface area contributed by atoms with Crippen molar-refractivity contribution in [2.45, 2.75) is 128 Å². The van der Waals surface area contributed by atoms with Gasteiger partial charge >= 0.3 is 5.79 Å². The lowest BCUT2D eigenvalue weighted by molar-refractivity contribution is -0.225. The molecule has 2 aliphatic heterocycles. The van der Waals surface area contributed by atoms with E-state index in [-0.39, 0.29) is 24.6 Å². The molecule has 2 heterocycles. The number of oxime groups is 1. The fourth-order valence-corrected chi connectivity index (χ4v) is 9.00. The Kier molecular flexibility index (Phi) is 20.7. The van der Waals surface area contributed by atoms with Gasteiger partial charge in [0, 0.05) is 24.0 Å². The molecule has 0 radical (unpaired) electrons. The number of nitrogens with one attached hydrogen (secondary N) is 2. The zero-order valence-electron chi connectivity index (χ0n) is 30.7. The average molecular weight is 985 g/mol. The number of carbonyl (C=O) groups excluding carboxylic acids is 2. The van der Waals surface area contributed by atoms with Crippen LogP contribution in [0.2, 0.25) is 0 Å². The lowest BCUT2D eigenvalue weighted by Crippen LogP contribution is -2.49. The van der Waals surface area contributed by atoms with Gasteiger partial charge in [-0.3, -0.25) is 9.59 Å². The van der Waals surface area contributed by atoms with Crippen LogP contribution in [0, 0.1) is 5.92 Å². The first-order chi connectivity index (χ1) is 25.0. The molecule has 292 valence electrons. The van der Waals surface area contributed by atoms with Crippen LogP contribution < -0.4 is 15.4 Å². The number of carbonyl (C=O) groups is 2. The molecule has 14 heteroatoms. The Balaban J connectivity index is 1.25. The molecule has 1 spiro atoms. The molecule has 0 saturated carbocycles. The molecule has 1 aromatic carbocycles.